The Hall–Kier alpha value is -5.60. The Bertz CT molecular complexity index is 2000. The summed E-state index contributed by atoms with van der Waals surface area (Å²) in [5.74, 6) is -5.43. The molecule has 0 spiro atoms. The van der Waals surface area contributed by atoms with Gasteiger partial charge in [-0.25, -0.2) is 9.69 Å². The van der Waals surface area contributed by atoms with Crippen LogP contribution in [-0.2, 0) is 21.3 Å². The number of amides is 3. The smallest absolute Gasteiger partial charge is 0.442 e. The van der Waals surface area contributed by atoms with Crippen LogP contribution in [0.15, 0.2) is 66.7 Å². The minimum absolute atomic E-state index is 0.0652. The van der Waals surface area contributed by atoms with Crippen molar-refractivity contribution in [2.75, 3.05) is 17.0 Å². The van der Waals surface area contributed by atoms with Crippen LogP contribution < -0.4 is 19.7 Å². The largest absolute Gasteiger partial charge is 0.454 e. The highest BCUT2D eigenvalue weighted by atomic mass is 19.4. The van der Waals surface area contributed by atoms with E-state index in [2.05, 4.69) is 5.32 Å². The summed E-state index contributed by atoms with van der Waals surface area (Å²) in [7, 11) is 0. The molecule has 0 fully saturated rings. The number of fused-ring (bicyclic) bond motifs is 2. The third-order valence-corrected chi connectivity index (χ3v) is 7.66. The molecule has 0 aromatic heterocycles. The Kier molecular flexibility index (Phi) is 5.76. The molecule has 4 aromatic carbocycles. The van der Waals surface area contributed by atoms with E-state index in [9.17, 15) is 45.5 Å². The van der Waals surface area contributed by atoms with Crippen LogP contribution in [0.1, 0.15) is 42.2 Å². The summed E-state index contributed by atoms with van der Waals surface area (Å²) in [6, 6.07) is 11.3. The Balaban J connectivity index is 1.32. The third kappa shape index (κ3) is 3.96. The number of nitrogens with zero attached hydrogens (tertiary/aromatic N) is 1. The quantitative estimate of drug-likeness (QED) is 0.170. The molecule has 7 rings (SSSR count). The lowest BCUT2D eigenvalue weighted by Crippen LogP contribution is -2.51. The first-order chi connectivity index (χ1) is 21.2. The number of halogens is 6. The molecule has 0 saturated heterocycles. The van der Waals surface area contributed by atoms with Crippen LogP contribution in [0.3, 0.4) is 0 Å². The lowest BCUT2D eigenvalue weighted by atomic mass is 9.90. The molecule has 15 heteroatoms. The van der Waals surface area contributed by atoms with Crippen molar-refractivity contribution in [1.82, 2.24) is 0 Å². The zero-order valence-electron chi connectivity index (χ0n) is 22.1. The van der Waals surface area contributed by atoms with Gasteiger partial charge in [-0.1, -0.05) is 18.2 Å². The molecular weight excluding hydrogens is 614 g/mol. The summed E-state index contributed by atoms with van der Waals surface area (Å²) in [6.45, 7) is -0.283. The van der Waals surface area contributed by atoms with E-state index in [1.54, 1.807) is 0 Å². The molecule has 3 aliphatic heterocycles. The Morgan fingerprint density at radius 3 is 2.20 bits per heavy atom. The summed E-state index contributed by atoms with van der Waals surface area (Å²) in [6.07, 6.45) is -10.2. The summed E-state index contributed by atoms with van der Waals surface area (Å²) >= 11 is 0. The van der Waals surface area contributed by atoms with Gasteiger partial charge < -0.3 is 19.5 Å². The van der Waals surface area contributed by atoms with Gasteiger partial charge in [0.05, 0.1) is 22.5 Å². The zero-order chi connectivity index (χ0) is 32.1. The molecule has 0 unspecified atom stereocenters. The first-order valence-corrected chi connectivity index (χ1v) is 12.9. The van der Waals surface area contributed by atoms with Crippen LogP contribution in [0.5, 0.6) is 11.5 Å². The number of esters is 1. The molecule has 0 aliphatic carbocycles. The predicted octanol–water partition coefficient (Wildman–Crippen LogP) is 5.95. The lowest BCUT2D eigenvalue weighted by Gasteiger charge is -2.30. The SMILES string of the molecule is O=C(O[C@]1(C(F)(F)F)C(=O)Nc2cc3c(cc21)OCO3)c1ccc2c3c(cccc13)C(=O)N(c1cccc(C(F)(F)F)c1)C2=O. The van der Waals surface area contributed by atoms with Crippen molar-refractivity contribution in [3.63, 3.8) is 0 Å². The minimum Gasteiger partial charge on any atom is -0.454 e. The Labute approximate surface area is 246 Å². The van der Waals surface area contributed by atoms with Crippen molar-refractivity contribution in [2.24, 2.45) is 0 Å². The second kappa shape index (κ2) is 9.20. The molecule has 45 heavy (non-hydrogen) atoms. The van der Waals surface area contributed by atoms with E-state index in [-0.39, 0.29) is 51.6 Å². The summed E-state index contributed by atoms with van der Waals surface area (Å²) < 4.78 is 99.5. The fraction of sp³-hybridized carbons (Fsp3) is 0.133. The van der Waals surface area contributed by atoms with Gasteiger partial charge in [-0.05, 0) is 47.9 Å². The fourth-order valence-electron chi connectivity index (χ4n) is 5.63. The average molecular weight is 628 g/mol. The number of ether oxygens (including phenoxy) is 3. The van der Waals surface area contributed by atoms with E-state index in [0.717, 1.165) is 42.5 Å². The van der Waals surface area contributed by atoms with Gasteiger partial charge in [0.15, 0.2) is 11.5 Å². The number of carbonyl (C=O) groups excluding carboxylic acids is 4. The highest BCUT2D eigenvalue weighted by molar-refractivity contribution is 6.36. The van der Waals surface area contributed by atoms with Crippen LogP contribution in [0.25, 0.3) is 10.8 Å². The maximum atomic E-state index is 14.7. The van der Waals surface area contributed by atoms with E-state index in [1.807, 2.05) is 0 Å². The lowest BCUT2D eigenvalue weighted by molar-refractivity contribution is -0.251. The van der Waals surface area contributed by atoms with Gasteiger partial charge >= 0.3 is 23.9 Å². The maximum absolute atomic E-state index is 14.7. The van der Waals surface area contributed by atoms with Crippen molar-refractivity contribution in [1.29, 1.82) is 0 Å². The van der Waals surface area contributed by atoms with Crippen LogP contribution in [0.2, 0.25) is 0 Å². The van der Waals surface area contributed by atoms with Crippen molar-refractivity contribution in [3.8, 4) is 11.5 Å². The number of benzene rings is 4. The fourth-order valence-corrected chi connectivity index (χ4v) is 5.63. The Morgan fingerprint density at radius 2 is 1.51 bits per heavy atom. The normalized spacial score (nSPS) is 18.7. The van der Waals surface area contributed by atoms with E-state index in [4.69, 9.17) is 14.2 Å². The second-order valence-electron chi connectivity index (χ2n) is 10.2. The number of carbonyl (C=O) groups is 4. The Morgan fingerprint density at radius 1 is 0.844 bits per heavy atom. The van der Waals surface area contributed by atoms with Gasteiger partial charge in [-0.2, -0.15) is 26.3 Å². The van der Waals surface area contributed by atoms with Crippen molar-refractivity contribution in [2.45, 2.75) is 18.0 Å². The number of hydrogen-bond acceptors (Lipinski definition) is 7. The molecule has 1 N–H and O–H groups in total. The first kappa shape index (κ1) is 28.2. The monoisotopic (exact) mass is 628 g/mol. The van der Waals surface area contributed by atoms with Crippen LogP contribution in [0, 0.1) is 0 Å². The molecule has 3 heterocycles. The first-order valence-electron chi connectivity index (χ1n) is 12.9. The molecule has 1 atom stereocenters. The minimum atomic E-state index is -5.46. The number of rotatable bonds is 3. The molecule has 4 aromatic rings. The number of nitrogens with one attached hydrogen (secondary N) is 1. The van der Waals surface area contributed by atoms with Gasteiger partial charge in [-0.3, -0.25) is 14.4 Å². The third-order valence-electron chi connectivity index (χ3n) is 7.66. The summed E-state index contributed by atoms with van der Waals surface area (Å²) in [4.78, 5) is 53.9. The van der Waals surface area contributed by atoms with E-state index < -0.39 is 58.3 Å². The van der Waals surface area contributed by atoms with Gasteiger partial charge in [0.2, 0.25) is 6.79 Å². The highest BCUT2D eigenvalue weighted by Crippen LogP contribution is 2.53. The summed E-state index contributed by atoms with van der Waals surface area (Å²) in [5.41, 5.74) is -7.29. The second-order valence-corrected chi connectivity index (χ2v) is 10.2. The number of imide groups is 1. The molecule has 0 saturated carbocycles. The maximum Gasteiger partial charge on any atom is 0.442 e. The predicted molar refractivity (Wildman–Crippen MR) is 141 cm³/mol. The molecule has 3 aliphatic rings. The van der Waals surface area contributed by atoms with Crippen molar-refractivity contribution in [3.05, 3.63) is 94.5 Å². The van der Waals surface area contributed by atoms with Gasteiger partial charge in [0, 0.05) is 28.1 Å². The number of anilines is 2. The highest BCUT2D eigenvalue weighted by Gasteiger charge is 2.69. The molecule has 0 radical (unpaired) electrons. The molecule has 3 amide bonds. The van der Waals surface area contributed by atoms with Crippen molar-refractivity contribution >= 4 is 45.8 Å². The number of hydrogen-bond donors (Lipinski definition) is 1. The van der Waals surface area contributed by atoms with Gasteiger partial charge in [-0.15, -0.1) is 0 Å². The molecule has 0 bridgehead atoms. The van der Waals surface area contributed by atoms with Crippen LogP contribution in [0.4, 0.5) is 37.7 Å². The molecular formula is C30H14F6N2O7. The number of alkyl halides is 6. The van der Waals surface area contributed by atoms with Gasteiger partial charge in [0.1, 0.15) is 0 Å². The van der Waals surface area contributed by atoms with Crippen LogP contribution >= 0.6 is 0 Å². The molecule has 228 valence electrons. The van der Waals surface area contributed by atoms with E-state index in [0.29, 0.717) is 11.0 Å². The average Bonchev–Trinajstić information content (AvgIpc) is 3.55. The van der Waals surface area contributed by atoms with Crippen molar-refractivity contribution < 1.29 is 59.7 Å². The molecule has 9 nitrogen and oxygen atoms in total. The van der Waals surface area contributed by atoms with E-state index >= 15 is 0 Å². The zero-order valence-corrected chi connectivity index (χ0v) is 22.1. The standard InChI is InChI=1S/C30H14F6N2O7/c31-29(32,33)13-3-1-4-14(9-13)38-24(39)17-6-2-5-15-16(7-8-18(23(15)17)25(38)40)26(41)45-28(30(34,35)36)19-10-21-22(44-12-43-21)11-20(19)37-27(28)42/h1-11H,12H2,(H,37,42)/t28-/m0/s1. The summed E-state index contributed by atoms with van der Waals surface area (Å²) in [5, 5.41) is 1.77. The van der Waals surface area contributed by atoms with Gasteiger partial charge in [0.25, 0.3) is 17.7 Å². The van der Waals surface area contributed by atoms with E-state index in [1.165, 1.54) is 18.2 Å². The van der Waals surface area contributed by atoms with Crippen LogP contribution in [-0.4, -0.2) is 36.7 Å². The topological polar surface area (TPSA) is 111 Å².